The van der Waals surface area contributed by atoms with Crippen LogP contribution in [0.25, 0.3) is 21.2 Å². The Morgan fingerprint density at radius 1 is 1.25 bits per heavy atom. The maximum atomic E-state index is 12.1. The van der Waals surface area contributed by atoms with Crippen molar-refractivity contribution in [2.45, 2.75) is 37.0 Å². The van der Waals surface area contributed by atoms with Gasteiger partial charge in [-0.15, -0.1) is 23.1 Å². The van der Waals surface area contributed by atoms with Crippen LogP contribution < -0.4 is 10.4 Å². The Balaban J connectivity index is 1.56. The Kier molecular flexibility index (Phi) is 4.36. The molecule has 0 radical (unpaired) electrons. The summed E-state index contributed by atoms with van der Waals surface area (Å²) in [4.78, 5) is 24.0. The highest BCUT2D eigenvalue weighted by Gasteiger charge is 2.22. The standard InChI is InChI=1S/C21H18N2O3S2/c1-11-22-20(19-15-4-3-5-17(15)28-21(19)23-11)27-10-12-8-18(24)26-16-9-13(25-2)6-7-14(12)16/h6-9H,3-5,10H2,1-2H3. The van der Waals surface area contributed by atoms with Crippen LogP contribution in [0.3, 0.4) is 0 Å². The Morgan fingerprint density at radius 3 is 3.00 bits per heavy atom. The number of rotatable bonds is 4. The van der Waals surface area contributed by atoms with E-state index in [1.54, 1.807) is 42.3 Å². The van der Waals surface area contributed by atoms with Gasteiger partial charge in [0.25, 0.3) is 0 Å². The number of hydrogen-bond acceptors (Lipinski definition) is 7. The van der Waals surface area contributed by atoms with Crippen LogP contribution in [0.15, 0.2) is 38.5 Å². The average Bonchev–Trinajstić information content (AvgIpc) is 3.25. The summed E-state index contributed by atoms with van der Waals surface area (Å²) < 4.78 is 10.6. The van der Waals surface area contributed by atoms with Gasteiger partial charge in [0, 0.05) is 33.5 Å². The molecule has 0 bridgehead atoms. The minimum absolute atomic E-state index is 0.350. The topological polar surface area (TPSA) is 65.2 Å². The Bertz CT molecular complexity index is 1280. The molecule has 1 aromatic carbocycles. The molecule has 0 atom stereocenters. The smallest absolute Gasteiger partial charge is 0.336 e. The number of ether oxygens (including phenoxy) is 1. The second kappa shape index (κ2) is 6.90. The molecule has 0 aliphatic heterocycles. The number of fused-ring (bicyclic) bond motifs is 4. The number of thioether (sulfide) groups is 1. The van der Waals surface area contributed by atoms with Gasteiger partial charge in [-0.05, 0) is 49.4 Å². The van der Waals surface area contributed by atoms with Crippen molar-refractivity contribution in [2.75, 3.05) is 7.11 Å². The number of thiophene rings is 1. The summed E-state index contributed by atoms with van der Waals surface area (Å²) in [5, 5.41) is 3.14. The van der Waals surface area contributed by atoms with Crippen LogP contribution in [0.4, 0.5) is 0 Å². The van der Waals surface area contributed by atoms with Crippen molar-refractivity contribution in [1.29, 1.82) is 0 Å². The number of aryl methyl sites for hydroxylation is 3. The van der Waals surface area contributed by atoms with Crippen molar-refractivity contribution in [1.82, 2.24) is 9.97 Å². The fourth-order valence-corrected chi connectivity index (χ4v) is 6.23. The first-order chi connectivity index (χ1) is 13.6. The number of benzene rings is 1. The first-order valence-electron chi connectivity index (χ1n) is 9.15. The molecule has 0 unspecified atom stereocenters. The third kappa shape index (κ3) is 2.99. The van der Waals surface area contributed by atoms with E-state index in [1.165, 1.54) is 22.2 Å². The molecule has 0 fully saturated rings. The van der Waals surface area contributed by atoms with Crippen LogP contribution in [0, 0.1) is 6.92 Å². The maximum Gasteiger partial charge on any atom is 0.336 e. The molecule has 3 aromatic heterocycles. The molecule has 0 saturated heterocycles. The average molecular weight is 411 g/mol. The second-order valence-electron chi connectivity index (χ2n) is 6.85. The molecule has 1 aliphatic carbocycles. The van der Waals surface area contributed by atoms with E-state index >= 15 is 0 Å². The van der Waals surface area contributed by atoms with Gasteiger partial charge >= 0.3 is 5.63 Å². The molecule has 5 nitrogen and oxygen atoms in total. The minimum atomic E-state index is -0.350. The lowest BCUT2D eigenvalue weighted by Crippen LogP contribution is -2.00. The van der Waals surface area contributed by atoms with Gasteiger partial charge in [-0.25, -0.2) is 14.8 Å². The van der Waals surface area contributed by atoms with Crippen molar-refractivity contribution >= 4 is 44.3 Å². The quantitative estimate of drug-likeness (QED) is 0.271. The van der Waals surface area contributed by atoms with Crippen molar-refractivity contribution in [3.8, 4) is 5.75 Å². The molecule has 7 heteroatoms. The Hall–Kier alpha value is -2.38. The predicted molar refractivity (Wildman–Crippen MR) is 113 cm³/mol. The van der Waals surface area contributed by atoms with Gasteiger partial charge < -0.3 is 9.15 Å². The first kappa shape index (κ1) is 17.7. The summed E-state index contributed by atoms with van der Waals surface area (Å²) in [5.74, 6) is 2.10. The van der Waals surface area contributed by atoms with Gasteiger partial charge in [0.1, 0.15) is 27.0 Å². The zero-order valence-electron chi connectivity index (χ0n) is 15.6. The van der Waals surface area contributed by atoms with Gasteiger partial charge in [0.2, 0.25) is 0 Å². The lowest BCUT2D eigenvalue weighted by Gasteiger charge is -2.08. The monoisotopic (exact) mass is 410 g/mol. The van der Waals surface area contributed by atoms with Crippen LogP contribution in [0.2, 0.25) is 0 Å². The normalized spacial score (nSPS) is 13.4. The molecule has 3 heterocycles. The van der Waals surface area contributed by atoms with E-state index < -0.39 is 0 Å². The SMILES string of the molecule is COc1ccc2c(CSc3nc(C)nc4sc5c(c34)CCC5)cc(=O)oc2c1. The second-order valence-corrected chi connectivity index (χ2v) is 8.90. The summed E-state index contributed by atoms with van der Waals surface area (Å²) in [7, 11) is 1.60. The third-order valence-corrected chi connectivity index (χ3v) is 7.25. The lowest BCUT2D eigenvalue weighted by molar-refractivity contribution is 0.414. The van der Waals surface area contributed by atoms with E-state index in [0.717, 1.165) is 39.5 Å². The maximum absolute atomic E-state index is 12.1. The summed E-state index contributed by atoms with van der Waals surface area (Å²) >= 11 is 3.47. The Morgan fingerprint density at radius 2 is 2.14 bits per heavy atom. The number of methoxy groups -OCH3 is 1. The number of nitrogens with zero attached hydrogens (tertiary/aromatic N) is 2. The van der Waals surface area contributed by atoms with Crippen LogP contribution in [0.5, 0.6) is 5.75 Å². The molecular formula is C21H18N2O3S2. The molecule has 0 spiro atoms. The molecule has 1 aliphatic rings. The number of hydrogen-bond donors (Lipinski definition) is 0. The predicted octanol–water partition coefficient (Wildman–Crippen LogP) is 4.90. The van der Waals surface area contributed by atoms with Crippen molar-refractivity contribution < 1.29 is 9.15 Å². The molecule has 142 valence electrons. The lowest BCUT2D eigenvalue weighted by atomic mass is 10.1. The van der Waals surface area contributed by atoms with E-state index in [1.807, 2.05) is 19.1 Å². The van der Waals surface area contributed by atoms with Crippen molar-refractivity contribution in [3.63, 3.8) is 0 Å². The molecule has 0 saturated carbocycles. The van der Waals surface area contributed by atoms with Gasteiger partial charge in [-0.3, -0.25) is 0 Å². The summed E-state index contributed by atoms with van der Waals surface area (Å²) in [6, 6.07) is 7.15. The molecule has 28 heavy (non-hydrogen) atoms. The highest BCUT2D eigenvalue weighted by Crippen LogP contribution is 2.41. The van der Waals surface area contributed by atoms with Crippen LogP contribution in [-0.2, 0) is 18.6 Å². The van der Waals surface area contributed by atoms with Crippen molar-refractivity contribution in [2.24, 2.45) is 0 Å². The molecular weight excluding hydrogens is 392 g/mol. The molecule has 5 rings (SSSR count). The summed E-state index contributed by atoms with van der Waals surface area (Å²) in [5.41, 5.74) is 2.56. The van der Waals surface area contributed by atoms with Crippen LogP contribution >= 0.6 is 23.1 Å². The molecule has 0 amide bonds. The van der Waals surface area contributed by atoms with Gasteiger partial charge in [0.05, 0.1) is 7.11 Å². The van der Waals surface area contributed by atoms with Gasteiger partial charge in [0.15, 0.2) is 0 Å². The van der Waals surface area contributed by atoms with E-state index in [2.05, 4.69) is 4.98 Å². The first-order valence-corrected chi connectivity index (χ1v) is 10.9. The fraction of sp³-hybridized carbons (Fsp3) is 0.286. The van der Waals surface area contributed by atoms with E-state index in [9.17, 15) is 4.79 Å². The highest BCUT2D eigenvalue weighted by atomic mass is 32.2. The molecule has 0 N–H and O–H groups in total. The van der Waals surface area contributed by atoms with E-state index in [4.69, 9.17) is 14.1 Å². The van der Waals surface area contributed by atoms with Gasteiger partial charge in [-0.1, -0.05) is 0 Å². The van der Waals surface area contributed by atoms with E-state index in [0.29, 0.717) is 17.1 Å². The van der Waals surface area contributed by atoms with Crippen molar-refractivity contribution in [3.05, 3.63) is 56.5 Å². The highest BCUT2D eigenvalue weighted by molar-refractivity contribution is 7.98. The molecule has 4 aromatic rings. The fourth-order valence-electron chi connectivity index (χ4n) is 3.77. The zero-order chi connectivity index (χ0) is 19.3. The summed E-state index contributed by atoms with van der Waals surface area (Å²) in [6.45, 7) is 1.94. The van der Waals surface area contributed by atoms with Crippen LogP contribution in [-0.4, -0.2) is 17.1 Å². The summed E-state index contributed by atoms with van der Waals surface area (Å²) in [6.07, 6.45) is 3.46. The van der Waals surface area contributed by atoms with E-state index in [-0.39, 0.29) is 5.63 Å². The zero-order valence-corrected chi connectivity index (χ0v) is 17.2. The number of aromatic nitrogens is 2. The largest absolute Gasteiger partial charge is 0.497 e. The third-order valence-electron chi connectivity index (χ3n) is 5.05. The van der Waals surface area contributed by atoms with Crippen LogP contribution in [0.1, 0.15) is 28.2 Å². The van der Waals surface area contributed by atoms with Gasteiger partial charge in [-0.2, -0.15) is 0 Å². The Labute approximate surface area is 169 Å². The minimum Gasteiger partial charge on any atom is -0.497 e.